The van der Waals surface area contributed by atoms with Crippen molar-refractivity contribution in [3.8, 4) is 0 Å². The molecule has 0 radical (unpaired) electrons. The maximum Gasteiger partial charge on any atom is 0.410 e. The molecule has 4 aliphatic heterocycles. The van der Waals surface area contributed by atoms with Crippen LogP contribution in [-0.2, 0) is 14.3 Å². The fraction of sp³-hybridized carbons (Fsp3) is 0.607. The first-order chi connectivity index (χ1) is 18.5. The third-order valence-corrected chi connectivity index (χ3v) is 7.94. The van der Waals surface area contributed by atoms with Gasteiger partial charge in [-0.25, -0.2) is 4.79 Å². The van der Waals surface area contributed by atoms with Crippen molar-refractivity contribution in [2.45, 2.75) is 58.1 Å². The van der Waals surface area contributed by atoms with Gasteiger partial charge in [0, 0.05) is 52.2 Å². The number of benzene rings is 1. The number of imide groups is 2. The molecule has 3 fully saturated rings. The van der Waals surface area contributed by atoms with Crippen molar-refractivity contribution < 1.29 is 28.7 Å². The second-order valence-electron chi connectivity index (χ2n) is 11.8. The molecular formula is C28H37N5O6. The van der Waals surface area contributed by atoms with Crippen LogP contribution in [0.3, 0.4) is 0 Å². The van der Waals surface area contributed by atoms with Crippen molar-refractivity contribution in [1.29, 1.82) is 0 Å². The summed E-state index contributed by atoms with van der Waals surface area (Å²) in [5.41, 5.74) is 0.892. The van der Waals surface area contributed by atoms with E-state index < -0.39 is 29.4 Å². The van der Waals surface area contributed by atoms with Crippen molar-refractivity contribution in [1.82, 2.24) is 20.0 Å². The quantitative estimate of drug-likeness (QED) is 0.576. The number of nitrogens with one attached hydrogen (secondary N) is 1. The summed E-state index contributed by atoms with van der Waals surface area (Å²) in [5.74, 6) is -1.43. The Balaban J connectivity index is 1.17. The van der Waals surface area contributed by atoms with Gasteiger partial charge in [0.15, 0.2) is 0 Å². The number of piperazine rings is 1. The smallest absolute Gasteiger partial charge is 0.410 e. The summed E-state index contributed by atoms with van der Waals surface area (Å²) in [6.45, 7) is 11.1. The molecule has 0 aromatic heterocycles. The number of amides is 5. The maximum absolute atomic E-state index is 13.4. The topological polar surface area (TPSA) is 120 Å². The van der Waals surface area contributed by atoms with Gasteiger partial charge < -0.3 is 14.5 Å². The number of nitrogens with zero attached hydrogens (tertiary/aromatic N) is 4. The molecule has 39 heavy (non-hydrogen) atoms. The fourth-order valence-electron chi connectivity index (χ4n) is 5.92. The summed E-state index contributed by atoms with van der Waals surface area (Å²) in [6, 6.07) is 4.32. The van der Waals surface area contributed by atoms with E-state index in [2.05, 4.69) is 15.1 Å². The Morgan fingerprint density at radius 3 is 2.28 bits per heavy atom. The standard InChI is InChI=1S/C28H37N5O6/c1-28(2,3)39-27(38)32-15-13-30(14-16-32)17-18-9-11-31(12-10-18)20-6-4-5-19-23(20)26(37)33(25(19)36)21-7-8-22(34)29-24(21)35/h4-6,18,21H,7-17H2,1-3H3,(H,29,34,35). The summed E-state index contributed by atoms with van der Waals surface area (Å²) >= 11 is 0. The Bertz CT molecular complexity index is 1180. The molecule has 1 aromatic rings. The van der Waals surface area contributed by atoms with Crippen molar-refractivity contribution >= 4 is 35.4 Å². The van der Waals surface area contributed by atoms with E-state index in [1.54, 1.807) is 17.0 Å². The van der Waals surface area contributed by atoms with Gasteiger partial charge in [-0.1, -0.05) is 6.07 Å². The van der Waals surface area contributed by atoms with Crippen LogP contribution in [0.5, 0.6) is 0 Å². The van der Waals surface area contributed by atoms with Crippen LogP contribution in [0.2, 0.25) is 0 Å². The SMILES string of the molecule is CC(C)(C)OC(=O)N1CCN(CC2CCN(c3cccc4c3C(=O)N(C3CCC(=O)NC3=O)C4=O)CC2)CC1. The van der Waals surface area contributed by atoms with Crippen molar-refractivity contribution in [3.05, 3.63) is 29.3 Å². The van der Waals surface area contributed by atoms with Crippen molar-refractivity contribution in [3.63, 3.8) is 0 Å². The molecule has 11 nitrogen and oxygen atoms in total. The lowest BCUT2D eigenvalue weighted by molar-refractivity contribution is -0.136. The van der Waals surface area contributed by atoms with Crippen LogP contribution in [0, 0.1) is 5.92 Å². The van der Waals surface area contributed by atoms with Crippen LogP contribution in [0.1, 0.15) is 67.2 Å². The van der Waals surface area contributed by atoms with E-state index >= 15 is 0 Å². The molecule has 0 aliphatic carbocycles. The first-order valence-corrected chi connectivity index (χ1v) is 13.8. The number of anilines is 1. The monoisotopic (exact) mass is 539 g/mol. The number of hydrogen-bond donors (Lipinski definition) is 1. The highest BCUT2D eigenvalue weighted by Gasteiger charge is 2.46. The van der Waals surface area contributed by atoms with Gasteiger partial charge in [0.05, 0.1) is 16.8 Å². The molecule has 3 saturated heterocycles. The molecule has 210 valence electrons. The van der Waals surface area contributed by atoms with Gasteiger partial charge in [-0.2, -0.15) is 0 Å². The van der Waals surface area contributed by atoms with Gasteiger partial charge in [0.2, 0.25) is 11.8 Å². The molecule has 0 saturated carbocycles. The summed E-state index contributed by atoms with van der Waals surface area (Å²) in [6.07, 6.45) is 1.89. The fourth-order valence-corrected chi connectivity index (χ4v) is 5.92. The van der Waals surface area contributed by atoms with E-state index in [1.807, 2.05) is 26.8 Å². The van der Waals surface area contributed by atoms with Crippen molar-refractivity contribution in [2.24, 2.45) is 5.92 Å². The first-order valence-electron chi connectivity index (χ1n) is 13.8. The predicted molar refractivity (Wildman–Crippen MR) is 142 cm³/mol. The number of piperidine rings is 2. The second kappa shape index (κ2) is 10.6. The third-order valence-electron chi connectivity index (χ3n) is 7.94. The van der Waals surface area contributed by atoms with Crippen LogP contribution in [0.25, 0.3) is 0 Å². The van der Waals surface area contributed by atoms with E-state index in [4.69, 9.17) is 4.74 Å². The third kappa shape index (κ3) is 5.63. The number of carbonyl (C=O) groups excluding carboxylic acids is 5. The first kappa shape index (κ1) is 27.1. The zero-order valence-corrected chi connectivity index (χ0v) is 22.9. The minimum Gasteiger partial charge on any atom is -0.444 e. The van der Waals surface area contributed by atoms with Crippen LogP contribution in [0.4, 0.5) is 10.5 Å². The molecule has 4 aliphatic rings. The van der Waals surface area contributed by atoms with E-state index in [0.29, 0.717) is 30.1 Å². The Morgan fingerprint density at radius 1 is 0.949 bits per heavy atom. The van der Waals surface area contributed by atoms with Crippen molar-refractivity contribution in [2.75, 3.05) is 50.7 Å². The van der Waals surface area contributed by atoms with Gasteiger partial charge in [-0.15, -0.1) is 0 Å². The highest BCUT2D eigenvalue weighted by molar-refractivity contribution is 6.25. The molecule has 1 unspecified atom stereocenters. The van der Waals surface area contributed by atoms with Crippen LogP contribution >= 0.6 is 0 Å². The molecule has 0 spiro atoms. The number of hydrogen-bond acceptors (Lipinski definition) is 8. The number of fused-ring (bicyclic) bond motifs is 1. The summed E-state index contributed by atoms with van der Waals surface area (Å²) in [4.78, 5) is 70.3. The Labute approximate surface area is 228 Å². The largest absolute Gasteiger partial charge is 0.444 e. The summed E-state index contributed by atoms with van der Waals surface area (Å²) in [5, 5.41) is 2.24. The van der Waals surface area contributed by atoms with E-state index in [9.17, 15) is 24.0 Å². The molecule has 11 heteroatoms. The molecule has 5 amide bonds. The summed E-state index contributed by atoms with van der Waals surface area (Å²) in [7, 11) is 0. The predicted octanol–water partition coefficient (Wildman–Crippen LogP) is 1.86. The Morgan fingerprint density at radius 2 is 1.64 bits per heavy atom. The second-order valence-corrected chi connectivity index (χ2v) is 11.8. The lowest BCUT2D eigenvalue weighted by atomic mass is 9.94. The zero-order chi connectivity index (χ0) is 27.9. The van der Waals surface area contributed by atoms with Gasteiger partial charge in [-0.05, 0) is 58.1 Å². The molecular weight excluding hydrogens is 502 g/mol. The van der Waals surface area contributed by atoms with Crippen LogP contribution in [0.15, 0.2) is 18.2 Å². The normalized spacial score (nSPS) is 23.3. The molecule has 4 heterocycles. The molecule has 1 atom stereocenters. The highest BCUT2D eigenvalue weighted by Crippen LogP contribution is 2.36. The zero-order valence-electron chi connectivity index (χ0n) is 22.9. The highest BCUT2D eigenvalue weighted by atomic mass is 16.6. The van der Waals surface area contributed by atoms with Crippen LogP contribution < -0.4 is 10.2 Å². The average molecular weight is 540 g/mol. The number of rotatable bonds is 4. The number of carbonyl (C=O) groups is 5. The molecule has 0 bridgehead atoms. The van der Waals surface area contributed by atoms with E-state index in [-0.39, 0.29) is 24.8 Å². The molecule has 1 aromatic carbocycles. The van der Waals surface area contributed by atoms with Gasteiger partial charge >= 0.3 is 6.09 Å². The Kier molecular flexibility index (Phi) is 7.37. The minimum atomic E-state index is -0.968. The van der Waals surface area contributed by atoms with Crippen LogP contribution in [-0.4, -0.2) is 102 Å². The maximum atomic E-state index is 13.4. The average Bonchev–Trinajstić information content (AvgIpc) is 3.14. The summed E-state index contributed by atoms with van der Waals surface area (Å²) < 4.78 is 5.49. The molecule has 5 rings (SSSR count). The number of ether oxygens (including phenoxy) is 1. The van der Waals surface area contributed by atoms with Gasteiger partial charge in [0.25, 0.3) is 11.8 Å². The lowest BCUT2D eigenvalue weighted by Crippen LogP contribution is -2.54. The van der Waals surface area contributed by atoms with E-state index in [0.717, 1.165) is 56.2 Å². The minimum absolute atomic E-state index is 0.0975. The molecule has 1 N–H and O–H groups in total. The van der Waals surface area contributed by atoms with Gasteiger partial charge in [0.1, 0.15) is 11.6 Å². The Hall–Kier alpha value is -3.47. The lowest BCUT2D eigenvalue weighted by Gasteiger charge is -2.39. The van der Waals surface area contributed by atoms with E-state index in [1.165, 1.54) is 0 Å². The van der Waals surface area contributed by atoms with Gasteiger partial charge in [-0.3, -0.25) is 34.3 Å².